The molecule has 0 aromatic heterocycles. The van der Waals surface area contributed by atoms with Gasteiger partial charge in [-0.1, -0.05) is 6.58 Å². The van der Waals surface area contributed by atoms with Gasteiger partial charge < -0.3 is 10.2 Å². The third kappa shape index (κ3) is 2.47. The van der Waals surface area contributed by atoms with E-state index in [1.807, 2.05) is 11.9 Å². The lowest BCUT2D eigenvalue weighted by atomic mass is 9.94. The number of piperidine rings is 1. The lowest BCUT2D eigenvalue weighted by molar-refractivity contribution is -0.130. The van der Waals surface area contributed by atoms with E-state index < -0.39 is 0 Å². The maximum absolute atomic E-state index is 11.0. The number of amides is 1. The highest BCUT2D eigenvalue weighted by Gasteiger charge is 2.21. The molecule has 1 heterocycles. The summed E-state index contributed by atoms with van der Waals surface area (Å²) < 4.78 is 0. The van der Waals surface area contributed by atoms with Crippen molar-refractivity contribution < 1.29 is 4.79 Å². The first kappa shape index (κ1) is 10.1. The van der Waals surface area contributed by atoms with Crippen molar-refractivity contribution in [3.8, 4) is 0 Å². The molecule has 74 valence electrons. The first-order valence-corrected chi connectivity index (χ1v) is 4.77. The summed E-state index contributed by atoms with van der Waals surface area (Å²) in [4.78, 5) is 12.9. The monoisotopic (exact) mass is 182 g/mol. The van der Waals surface area contributed by atoms with Gasteiger partial charge in [0.25, 0.3) is 0 Å². The van der Waals surface area contributed by atoms with Gasteiger partial charge in [0.1, 0.15) is 0 Å². The average molecular weight is 182 g/mol. The molecule has 0 radical (unpaired) electrons. The van der Waals surface area contributed by atoms with Gasteiger partial charge in [0.15, 0.2) is 0 Å². The Morgan fingerprint density at radius 2 is 2.00 bits per heavy atom. The highest BCUT2D eigenvalue weighted by Crippen LogP contribution is 2.21. The molecule has 1 saturated heterocycles. The van der Waals surface area contributed by atoms with E-state index in [0.29, 0.717) is 5.92 Å². The topological polar surface area (TPSA) is 32.3 Å². The molecule has 1 amide bonds. The molecule has 0 bridgehead atoms. The van der Waals surface area contributed by atoms with Gasteiger partial charge in [-0.3, -0.25) is 4.79 Å². The molecular formula is C10H18N2O. The molecule has 1 aliphatic rings. The van der Waals surface area contributed by atoms with Crippen molar-refractivity contribution in [2.75, 3.05) is 20.1 Å². The highest BCUT2D eigenvalue weighted by atomic mass is 16.2. The Kier molecular flexibility index (Phi) is 3.34. The summed E-state index contributed by atoms with van der Waals surface area (Å²) in [6.07, 6.45) is 2.08. The number of carbonyl (C=O) groups is 1. The highest BCUT2D eigenvalue weighted by molar-refractivity contribution is 5.73. The molecule has 1 aliphatic heterocycles. The minimum atomic E-state index is 0.188. The number of nitrogens with zero attached hydrogens (tertiary/aromatic N) is 1. The summed E-state index contributed by atoms with van der Waals surface area (Å²) in [5.41, 5.74) is 1.10. The van der Waals surface area contributed by atoms with E-state index in [1.165, 1.54) is 0 Å². The summed E-state index contributed by atoms with van der Waals surface area (Å²) in [5, 5.41) is 3.08. The third-order valence-corrected chi connectivity index (χ3v) is 2.75. The van der Waals surface area contributed by atoms with E-state index in [-0.39, 0.29) is 5.91 Å². The van der Waals surface area contributed by atoms with Crippen LogP contribution in [0.1, 0.15) is 19.8 Å². The number of allylic oxidation sites excluding steroid dienone is 1. The second kappa shape index (κ2) is 4.30. The molecule has 1 fully saturated rings. The lowest BCUT2D eigenvalue weighted by Crippen LogP contribution is -2.38. The van der Waals surface area contributed by atoms with Crippen LogP contribution >= 0.6 is 0 Å². The number of hydrogen-bond donors (Lipinski definition) is 1. The van der Waals surface area contributed by atoms with Gasteiger partial charge in [0.2, 0.25) is 5.91 Å². The summed E-state index contributed by atoms with van der Waals surface area (Å²) >= 11 is 0. The minimum absolute atomic E-state index is 0.188. The molecule has 0 aromatic rings. The molecule has 13 heavy (non-hydrogen) atoms. The van der Waals surface area contributed by atoms with Crippen LogP contribution in [-0.4, -0.2) is 30.9 Å². The van der Waals surface area contributed by atoms with Gasteiger partial charge in [-0.15, -0.1) is 0 Å². The van der Waals surface area contributed by atoms with Crippen molar-refractivity contribution in [2.24, 2.45) is 5.92 Å². The van der Waals surface area contributed by atoms with Crippen molar-refractivity contribution in [2.45, 2.75) is 19.8 Å². The largest absolute Gasteiger partial charge is 0.392 e. The second-order valence-electron chi connectivity index (χ2n) is 3.56. The van der Waals surface area contributed by atoms with Crippen LogP contribution in [0.2, 0.25) is 0 Å². The lowest BCUT2D eigenvalue weighted by Gasteiger charge is -2.32. The van der Waals surface area contributed by atoms with Crippen molar-refractivity contribution in [3.63, 3.8) is 0 Å². The van der Waals surface area contributed by atoms with Crippen LogP contribution in [0.15, 0.2) is 12.3 Å². The fraction of sp³-hybridized carbons (Fsp3) is 0.700. The third-order valence-electron chi connectivity index (χ3n) is 2.75. The second-order valence-corrected chi connectivity index (χ2v) is 3.56. The quantitative estimate of drug-likeness (QED) is 0.690. The summed E-state index contributed by atoms with van der Waals surface area (Å²) in [5.74, 6) is 0.731. The van der Waals surface area contributed by atoms with Crippen molar-refractivity contribution >= 4 is 5.91 Å². The van der Waals surface area contributed by atoms with E-state index in [4.69, 9.17) is 0 Å². The van der Waals surface area contributed by atoms with Crippen molar-refractivity contribution in [3.05, 3.63) is 12.3 Å². The number of carbonyl (C=O) groups excluding carboxylic acids is 1. The molecule has 3 heteroatoms. The first-order chi connectivity index (χ1) is 6.15. The molecule has 0 unspecified atom stereocenters. The smallest absolute Gasteiger partial charge is 0.219 e. The van der Waals surface area contributed by atoms with Crippen LogP contribution in [-0.2, 0) is 4.79 Å². The van der Waals surface area contributed by atoms with Crippen LogP contribution in [0.25, 0.3) is 0 Å². The van der Waals surface area contributed by atoms with E-state index in [9.17, 15) is 4.79 Å². The minimum Gasteiger partial charge on any atom is -0.392 e. The summed E-state index contributed by atoms with van der Waals surface area (Å²) in [6, 6.07) is 0. The molecule has 0 aliphatic carbocycles. The van der Waals surface area contributed by atoms with E-state index in [1.54, 1.807) is 6.92 Å². The van der Waals surface area contributed by atoms with Crippen molar-refractivity contribution in [1.29, 1.82) is 0 Å². The fourth-order valence-corrected chi connectivity index (χ4v) is 1.75. The van der Waals surface area contributed by atoms with Crippen LogP contribution in [0.4, 0.5) is 0 Å². The summed E-state index contributed by atoms with van der Waals surface area (Å²) in [6.45, 7) is 7.34. The van der Waals surface area contributed by atoms with Crippen LogP contribution in [0, 0.1) is 5.92 Å². The molecule has 0 spiro atoms. The van der Waals surface area contributed by atoms with Gasteiger partial charge in [0.05, 0.1) is 0 Å². The Balaban J connectivity index is 2.39. The molecule has 0 saturated carbocycles. The van der Waals surface area contributed by atoms with Crippen LogP contribution in [0.3, 0.4) is 0 Å². The van der Waals surface area contributed by atoms with Gasteiger partial charge in [-0.05, 0) is 12.8 Å². The number of likely N-dealkylation sites (tertiary alicyclic amines) is 1. The molecule has 1 rings (SSSR count). The zero-order chi connectivity index (χ0) is 9.84. The maximum Gasteiger partial charge on any atom is 0.219 e. The zero-order valence-electron chi connectivity index (χ0n) is 8.47. The molecule has 0 atom stereocenters. The predicted molar refractivity (Wildman–Crippen MR) is 53.2 cm³/mol. The van der Waals surface area contributed by atoms with Crippen molar-refractivity contribution in [1.82, 2.24) is 10.2 Å². The Morgan fingerprint density at radius 1 is 1.46 bits per heavy atom. The SMILES string of the molecule is C=C(NC)C1CCN(C(C)=O)CC1. The Labute approximate surface area is 79.8 Å². The maximum atomic E-state index is 11.0. The number of nitrogens with one attached hydrogen (secondary N) is 1. The van der Waals surface area contributed by atoms with Crippen LogP contribution in [0.5, 0.6) is 0 Å². The van der Waals surface area contributed by atoms with Gasteiger partial charge >= 0.3 is 0 Å². The van der Waals surface area contributed by atoms with E-state index >= 15 is 0 Å². The van der Waals surface area contributed by atoms with Gasteiger partial charge in [-0.2, -0.15) is 0 Å². The number of hydrogen-bond acceptors (Lipinski definition) is 2. The normalized spacial score (nSPS) is 18.5. The number of rotatable bonds is 2. The molecule has 0 aromatic carbocycles. The van der Waals surface area contributed by atoms with Gasteiger partial charge in [0, 0.05) is 38.7 Å². The molecular weight excluding hydrogens is 164 g/mol. The first-order valence-electron chi connectivity index (χ1n) is 4.77. The Hall–Kier alpha value is -0.990. The Bertz CT molecular complexity index is 205. The zero-order valence-corrected chi connectivity index (χ0v) is 8.47. The molecule has 3 nitrogen and oxygen atoms in total. The fourth-order valence-electron chi connectivity index (χ4n) is 1.75. The Morgan fingerprint density at radius 3 is 2.38 bits per heavy atom. The van der Waals surface area contributed by atoms with Crippen LogP contribution < -0.4 is 5.32 Å². The van der Waals surface area contributed by atoms with E-state index in [2.05, 4.69) is 11.9 Å². The van der Waals surface area contributed by atoms with E-state index in [0.717, 1.165) is 31.6 Å². The predicted octanol–water partition coefficient (Wildman–Crippen LogP) is 0.978. The summed E-state index contributed by atoms with van der Waals surface area (Å²) in [7, 11) is 1.90. The molecule has 1 N–H and O–H groups in total. The standard InChI is InChI=1S/C10H18N2O/c1-8(11-3)10-4-6-12(7-5-10)9(2)13/h10-11H,1,4-7H2,2-3H3. The average Bonchev–Trinajstić information content (AvgIpc) is 2.17. The van der Waals surface area contributed by atoms with Gasteiger partial charge in [-0.25, -0.2) is 0 Å².